The van der Waals surface area contributed by atoms with E-state index >= 15 is 0 Å². The summed E-state index contributed by atoms with van der Waals surface area (Å²) in [5.74, 6) is 0. The molecule has 0 saturated heterocycles. The lowest BCUT2D eigenvalue weighted by Crippen LogP contribution is -2.37. The predicted octanol–water partition coefficient (Wildman–Crippen LogP) is 3.97. The first-order chi connectivity index (χ1) is 7.48. The highest BCUT2D eigenvalue weighted by Gasteiger charge is 2.16. The van der Waals surface area contributed by atoms with Crippen LogP contribution in [0.15, 0.2) is 42.0 Å². The molecule has 0 radical (unpaired) electrons. The summed E-state index contributed by atoms with van der Waals surface area (Å²) < 4.78 is 0. The monoisotopic (exact) mass is 228 g/mol. The summed E-state index contributed by atoms with van der Waals surface area (Å²) in [6.45, 7) is 9.38. The van der Waals surface area contributed by atoms with Gasteiger partial charge in [0.2, 0.25) is 0 Å². The second kappa shape index (κ2) is 4.06. The predicted molar refractivity (Wildman–Crippen MR) is 75.8 cm³/mol. The maximum absolute atomic E-state index is 2.39. The molecule has 1 aliphatic rings. The zero-order valence-electron chi connectivity index (χ0n) is 10.7. The van der Waals surface area contributed by atoms with Gasteiger partial charge in [0, 0.05) is 0 Å². The van der Waals surface area contributed by atoms with Crippen molar-refractivity contribution in [2.45, 2.75) is 33.0 Å². The molecule has 2 rings (SSSR count). The number of hydrogen-bond donors (Lipinski definition) is 0. The van der Waals surface area contributed by atoms with Gasteiger partial charge in [0.1, 0.15) is 0 Å². The summed E-state index contributed by atoms with van der Waals surface area (Å²) in [5, 5.41) is 1.54. The Kier molecular flexibility index (Phi) is 2.89. The number of rotatable bonds is 2. The molecule has 0 bridgehead atoms. The minimum Gasteiger partial charge on any atom is -0.0798 e. The van der Waals surface area contributed by atoms with Crippen molar-refractivity contribution < 1.29 is 0 Å². The SMILES string of the molecule is CC1=C(c2ccc([Si](C)(C)C)cc2)CC=C1. The molecule has 0 aliphatic heterocycles. The molecule has 0 atom stereocenters. The Morgan fingerprint density at radius 3 is 2.06 bits per heavy atom. The minimum absolute atomic E-state index is 1.10. The third kappa shape index (κ3) is 2.19. The van der Waals surface area contributed by atoms with Crippen molar-refractivity contribution in [2.24, 2.45) is 0 Å². The van der Waals surface area contributed by atoms with Crippen LogP contribution in [0.5, 0.6) is 0 Å². The molecular formula is C15H20Si. The first-order valence-corrected chi connectivity index (χ1v) is 9.46. The normalized spacial score (nSPS) is 16.0. The summed E-state index contributed by atoms with van der Waals surface area (Å²) in [6.07, 6.45) is 5.57. The molecule has 0 heterocycles. The van der Waals surface area contributed by atoms with Gasteiger partial charge in [-0.3, -0.25) is 0 Å². The van der Waals surface area contributed by atoms with E-state index in [9.17, 15) is 0 Å². The van der Waals surface area contributed by atoms with Crippen LogP contribution in [0.4, 0.5) is 0 Å². The van der Waals surface area contributed by atoms with Crippen molar-refractivity contribution in [3.05, 3.63) is 47.6 Å². The van der Waals surface area contributed by atoms with Crippen molar-refractivity contribution in [1.82, 2.24) is 0 Å². The number of benzene rings is 1. The highest BCUT2D eigenvalue weighted by molar-refractivity contribution is 6.88. The van der Waals surface area contributed by atoms with E-state index in [1.54, 1.807) is 5.19 Å². The maximum Gasteiger partial charge on any atom is 0.0775 e. The topological polar surface area (TPSA) is 0 Å². The standard InChI is InChI=1S/C15H20Si/c1-12-6-5-7-15(12)13-8-10-14(11-9-13)16(2,3)4/h5-6,8-11H,7H2,1-4H3. The first-order valence-electron chi connectivity index (χ1n) is 5.96. The van der Waals surface area contributed by atoms with Crippen LogP contribution in [-0.4, -0.2) is 8.07 Å². The van der Waals surface area contributed by atoms with E-state index in [1.807, 2.05) is 0 Å². The van der Waals surface area contributed by atoms with E-state index in [4.69, 9.17) is 0 Å². The summed E-state index contributed by atoms with van der Waals surface area (Å²) in [6, 6.07) is 9.22. The summed E-state index contributed by atoms with van der Waals surface area (Å²) >= 11 is 0. The molecule has 0 saturated carbocycles. The van der Waals surface area contributed by atoms with E-state index < -0.39 is 8.07 Å². The molecule has 84 valence electrons. The van der Waals surface area contributed by atoms with Crippen LogP contribution in [0.25, 0.3) is 5.57 Å². The lowest BCUT2D eigenvalue weighted by molar-refractivity contribution is 1.41. The second-order valence-corrected chi connectivity index (χ2v) is 10.7. The van der Waals surface area contributed by atoms with Crippen molar-refractivity contribution in [3.63, 3.8) is 0 Å². The molecule has 0 N–H and O–H groups in total. The fraction of sp³-hybridized carbons (Fsp3) is 0.333. The van der Waals surface area contributed by atoms with Gasteiger partial charge in [0.15, 0.2) is 0 Å². The Morgan fingerprint density at radius 1 is 1.00 bits per heavy atom. The van der Waals surface area contributed by atoms with Crippen LogP contribution in [0, 0.1) is 0 Å². The Balaban J connectivity index is 2.31. The largest absolute Gasteiger partial charge is 0.0798 e. The molecular weight excluding hydrogens is 208 g/mol. The van der Waals surface area contributed by atoms with Gasteiger partial charge in [-0.15, -0.1) is 0 Å². The van der Waals surface area contributed by atoms with Gasteiger partial charge in [-0.1, -0.05) is 61.2 Å². The maximum atomic E-state index is 2.39. The zero-order chi connectivity index (χ0) is 11.8. The van der Waals surface area contributed by atoms with Crippen LogP contribution < -0.4 is 5.19 Å². The fourth-order valence-corrected chi connectivity index (χ4v) is 3.30. The third-order valence-electron chi connectivity index (χ3n) is 3.27. The lowest BCUT2D eigenvalue weighted by atomic mass is 10.0. The van der Waals surface area contributed by atoms with Crippen LogP contribution in [0.2, 0.25) is 19.6 Å². The molecule has 1 heteroatoms. The van der Waals surface area contributed by atoms with Gasteiger partial charge in [-0.2, -0.15) is 0 Å². The van der Waals surface area contributed by atoms with E-state index in [0.29, 0.717) is 0 Å². The van der Waals surface area contributed by atoms with Crippen LogP contribution in [0.1, 0.15) is 18.9 Å². The smallest absolute Gasteiger partial charge is 0.0775 e. The lowest BCUT2D eigenvalue weighted by Gasteiger charge is -2.17. The summed E-state index contributed by atoms with van der Waals surface area (Å²) in [5.41, 5.74) is 4.30. The molecule has 1 aliphatic carbocycles. The Bertz CT molecular complexity index is 441. The Morgan fingerprint density at radius 2 is 1.62 bits per heavy atom. The van der Waals surface area contributed by atoms with Crippen molar-refractivity contribution >= 4 is 18.8 Å². The van der Waals surface area contributed by atoms with Crippen molar-refractivity contribution in [1.29, 1.82) is 0 Å². The Hall–Kier alpha value is -1.08. The molecule has 0 aromatic heterocycles. The molecule has 1 aromatic rings. The average Bonchev–Trinajstić information content (AvgIpc) is 2.63. The molecule has 0 amide bonds. The zero-order valence-corrected chi connectivity index (χ0v) is 11.7. The quantitative estimate of drug-likeness (QED) is 0.672. The first kappa shape index (κ1) is 11.4. The summed E-state index contributed by atoms with van der Waals surface area (Å²) in [4.78, 5) is 0. The summed E-state index contributed by atoms with van der Waals surface area (Å²) in [7, 11) is -1.14. The van der Waals surface area contributed by atoms with Gasteiger partial charge in [-0.05, 0) is 30.1 Å². The van der Waals surface area contributed by atoms with E-state index in [0.717, 1.165) is 6.42 Å². The average molecular weight is 228 g/mol. The van der Waals surface area contributed by atoms with E-state index in [-0.39, 0.29) is 0 Å². The van der Waals surface area contributed by atoms with Crippen molar-refractivity contribution in [3.8, 4) is 0 Å². The van der Waals surface area contributed by atoms with Crippen LogP contribution in [0.3, 0.4) is 0 Å². The van der Waals surface area contributed by atoms with Gasteiger partial charge in [0.25, 0.3) is 0 Å². The molecule has 0 nitrogen and oxygen atoms in total. The second-order valence-electron chi connectivity index (χ2n) is 5.60. The van der Waals surface area contributed by atoms with E-state index in [2.05, 4.69) is 63.0 Å². The molecule has 0 spiro atoms. The Labute approximate surface area is 99.7 Å². The van der Waals surface area contributed by atoms with E-state index in [1.165, 1.54) is 16.7 Å². The molecule has 1 aromatic carbocycles. The van der Waals surface area contributed by atoms with Gasteiger partial charge < -0.3 is 0 Å². The number of allylic oxidation sites excluding steroid dienone is 4. The van der Waals surface area contributed by atoms with Gasteiger partial charge in [-0.25, -0.2) is 0 Å². The highest BCUT2D eigenvalue weighted by atomic mass is 28.3. The molecule has 0 fully saturated rings. The minimum atomic E-state index is -1.14. The van der Waals surface area contributed by atoms with Gasteiger partial charge in [0.05, 0.1) is 8.07 Å². The highest BCUT2D eigenvalue weighted by Crippen LogP contribution is 2.27. The van der Waals surface area contributed by atoms with Gasteiger partial charge >= 0.3 is 0 Å². The fourth-order valence-electron chi connectivity index (χ4n) is 2.13. The van der Waals surface area contributed by atoms with Crippen LogP contribution in [-0.2, 0) is 0 Å². The van der Waals surface area contributed by atoms with Crippen LogP contribution >= 0.6 is 0 Å². The number of hydrogen-bond acceptors (Lipinski definition) is 0. The van der Waals surface area contributed by atoms with Crippen molar-refractivity contribution in [2.75, 3.05) is 0 Å². The third-order valence-corrected chi connectivity index (χ3v) is 5.33. The molecule has 16 heavy (non-hydrogen) atoms. The molecule has 0 unspecified atom stereocenters.